The van der Waals surface area contributed by atoms with E-state index in [0.717, 1.165) is 13.0 Å². The summed E-state index contributed by atoms with van der Waals surface area (Å²) in [5.74, 6) is 0.521. The van der Waals surface area contributed by atoms with Gasteiger partial charge in [0.2, 0.25) is 0 Å². The molecule has 0 aromatic heterocycles. The largest absolute Gasteiger partial charge is 0.475 e. The number of nitro benzene ring substituents is 1. The van der Waals surface area contributed by atoms with E-state index in [1.54, 1.807) is 6.07 Å². The summed E-state index contributed by atoms with van der Waals surface area (Å²) in [4.78, 5) is 10.4. The van der Waals surface area contributed by atoms with Gasteiger partial charge in [0.25, 0.3) is 5.69 Å². The first-order valence-corrected chi connectivity index (χ1v) is 6.66. The Hall–Kier alpha value is -2.13. The van der Waals surface area contributed by atoms with Crippen LogP contribution in [-0.2, 0) is 6.54 Å². The van der Waals surface area contributed by atoms with E-state index in [0.29, 0.717) is 24.3 Å². The van der Waals surface area contributed by atoms with Crippen LogP contribution < -0.4 is 10.1 Å². The Morgan fingerprint density at radius 3 is 2.80 bits per heavy atom. The molecular weight excluding hydrogens is 258 g/mol. The highest BCUT2D eigenvalue weighted by molar-refractivity contribution is 5.44. The van der Waals surface area contributed by atoms with Crippen molar-refractivity contribution in [3.63, 3.8) is 0 Å². The van der Waals surface area contributed by atoms with Crippen molar-refractivity contribution in [2.45, 2.75) is 39.3 Å². The highest BCUT2D eigenvalue weighted by atomic mass is 16.6. The van der Waals surface area contributed by atoms with E-state index < -0.39 is 11.0 Å². The second-order valence-electron chi connectivity index (χ2n) is 4.37. The number of ether oxygens (including phenoxy) is 1. The fourth-order valence-electron chi connectivity index (χ4n) is 1.69. The van der Waals surface area contributed by atoms with Gasteiger partial charge in [-0.2, -0.15) is 5.26 Å². The van der Waals surface area contributed by atoms with Gasteiger partial charge in [0.15, 0.2) is 6.10 Å². The normalized spacial score (nSPS) is 11.7. The Bertz CT molecular complexity index is 497. The molecule has 0 saturated heterocycles. The number of nitrogens with one attached hydrogen (secondary N) is 1. The van der Waals surface area contributed by atoms with Gasteiger partial charge in [0.1, 0.15) is 11.8 Å². The van der Waals surface area contributed by atoms with Crippen LogP contribution in [0.1, 0.15) is 32.3 Å². The van der Waals surface area contributed by atoms with E-state index >= 15 is 0 Å². The van der Waals surface area contributed by atoms with E-state index in [-0.39, 0.29) is 5.69 Å². The van der Waals surface area contributed by atoms with Crippen molar-refractivity contribution in [3.8, 4) is 11.8 Å². The number of nitriles is 1. The Morgan fingerprint density at radius 1 is 1.50 bits per heavy atom. The molecule has 1 rings (SSSR count). The molecule has 1 unspecified atom stereocenters. The molecule has 20 heavy (non-hydrogen) atoms. The van der Waals surface area contributed by atoms with E-state index in [1.165, 1.54) is 12.1 Å². The smallest absolute Gasteiger partial charge is 0.270 e. The van der Waals surface area contributed by atoms with E-state index in [9.17, 15) is 10.1 Å². The molecule has 0 radical (unpaired) electrons. The molecule has 0 aliphatic carbocycles. The maximum absolute atomic E-state index is 10.8. The summed E-state index contributed by atoms with van der Waals surface area (Å²) in [5, 5.41) is 22.9. The lowest BCUT2D eigenvalue weighted by atomic mass is 10.1. The van der Waals surface area contributed by atoms with Gasteiger partial charge >= 0.3 is 0 Å². The Kier molecular flexibility index (Phi) is 6.47. The first-order valence-electron chi connectivity index (χ1n) is 6.66. The topological polar surface area (TPSA) is 88.2 Å². The molecule has 1 aromatic carbocycles. The zero-order valence-electron chi connectivity index (χ0n) is 11.8. The maximum Gasteiger partial charge on any atom is 0.270 e. The van der Waals surface area contributed by atoms with Crippen LogP contribution >= 0.6 is 0 Å². The minimum atomic E-state index is -0.540. The summed E-state index contributed by atoms with van der Waals surface area (Å²) in [7, 11) is 0. The fraction of sp³-hybridized carbons (Fsp3) is 0.500. The van der Waals surface area contributed by atoms with Crippen molar-refractivity contribution in [2.75, 3.05) is 6.54 Å². The molecule has 0 amide bonds. The molecule has 0 spiro atoms. The lowest BCUT2D eigenvalue weighted by Crippen LogP contribution is -2.17. The highest BCUT2D eigenvalue weighted by Crippen LogP contribution is 2.25. The van der Waals surface area contributed by atoms with Crippen molar-refractivity contribution < 1.29 is 9.66 Å². The van der Waals surface area contributed by atoms with Gasteiger partial charge in [0, 0.05) is 24.2 Å². The Labute approximate surface area is 118 Å². The number of nitro groups is 1. The second-order valence-corrected chi connectivity index (χ2v) is 4.37. The first-order chi connectivity index (χ1) is 9.62. The summed E-state index contributed by atoms with van der Waals surface area (Å²) < 4.78 is 5.59. The molecule has 0 aliphatic heterocycles. The summed E-state index contributed by atoms with van der Waals surface area (Å²) in [6.45, 7) is 5.19. The summed E-state index contributed by atoms with van der Waals surface area (Å²) in [6.07, 6.45) is 0.998. The minimum Gasteiger partial charge on any atom is -0.475 e. The molecule has 0 bridgehead atoms. The standard InChI is InChI=1S/C14H19N3O3/c1-3-7-16-10-11-8-12(17(18)19)5-6-14(11)20-13(4-2)9-15/h5-6,8,13,16H,3-4,7,10H2,1-2H3. The molecule has 0 heterocycles. The molecule has 6 nitrogen and oxygen atoms in total. The third-order valence-corrected chi connectivity index (χ3v) is 2.78. The number of hydrogen-bond donors (Lipinski definition) is 1. The van der Waals surface area contributed by atoms with Crippen LogP contribution in [0.25, 0.3) is 0 Å². The number of hydrogen-bond acceptors (Lipinski definition) is 5. The zero-order valence-corrected chi connectivity index (χ0v) is 11.8. The molecule has 0 saturated carbocycles. The fourth-order valence-corrected chi connectivity index (χ4v) is 1.69. The predicted octanol–water partition coefficient (Wildman–Crippen LogP) is 2.78. The molecule has 0 fully saturated rings. The second kappa shape index (κ2) is 8.12. The van der Waals surface area contributed by atoms with Crippen LogP contribution in [0.5, 0.6) is 5.75 Å². The maximum atomic E-state index is 10.8. The van der Waals surface area contributed by atoms with Crippen LogP contribution in [-0.4, -0.2) is 17.6 Å². The first kappa shape index (κ1) is 15.9. The van der Waals surface area contributed by atoms with Gasteiger partial charge in [-0.3, -0.25) is 10.1 Å². The average Bonchev–Trinajstić information content (AvgIpc) is 2.45. The molecule has 6 heteroatoms. The van der Waals surface area contributed by atoms with Crippen LogP contribution in [0.2, 0.25) is 0 Å². The van der Waals surface area contributed by atoms with Crippen LogP contribution in [0.15, 0.2) is 18.2 Å². The van der Waals surface area contributed by atoms with Gasteiger partial charge in [0.05, 0.1) is 4.92 Å². The minimum absolute atomic E-state index is 0.0238. The number of non-ortho nitro benzene ring substituents is 1. The monoisotopic (exact) mass is 277 g/mol. The van der Waals surface area contributed by atoms with E-state index in [1.807, 2.05) is 13.8 Å². The van der Waals surface area contributed by atoms with Crippen molar-refractivity contribution in [1.82, 2.24) is 5.32 Å². The van der Waals surface area contributed by atoms with Crippen molar-refractivity contribution >= 4 is 5.69 Å². The molecule has 0 aliphatic rings. The molecule has 108 valence electrons. The highest BCUT2D eigenvalue weighted by Gasteiger charge is 2.14. The van der Waals surface area contributed by atoms with Crippen molar-refractivity contribution in [3.05, 3.63) is 33.9 Å². The van der Waals surface area contributed by atoms with Gasteiger partial charge in [-0.15, -0.1) is 0 Å². The molecular formula is C14H19N3O3. The lowest BCUT2D eigenvalue weighted by Gasteiger charge is -2.14. The lowest BCUT2D eigenvalue weighted by molar-refractivity contribution is -0.384. The van der Waals surface area contributed by atoms with Crippen molar-refractivity contribution in [2.24, 2.45) is 0 Å². The Balaban J connectivity index is 2.96. The summed E-state index contributed by atoms with van der Waals surface area (Å²) >= 11 is 0. The number of benzene rings is 1. The zero-order chi connectivity index (χ0) is 15.0. The Morgan fingerprint density at radius 2 is 2.25 bits per heavy atom. The average molecular weight is 277 g/mol. The summed E-state index contributed by atoms with van der Waals surface area (Å²) in [5.41, 5.74) is 0.719. The SMILES string of the molecule is CCCNCc1cc([N+](=O)[O-])ccc1OC(C#N)CC. The molecule has 1 aromatic rings. The molecule has 1 N–H and O–H groups in total. The van der Waals surface area contributed by atoms with Crippen LogP contribution in [0, 0.1) is 21.4 Å². The third kappa shape index (κ3) is 4.52. The van der Waals surface area contributed by atoms with Crippen LogP contribution in [0.4, 0.5) is 5.69 Å². The van der Waals surface area contributed by atoms with Gasteiger partial charge in [-0.25, -0.2) is 0 Å². The van der Waals surface area contributed by atoms with Crippen LogP contribution in [0.3, 0.4) is 0 Å². The quantitative estimate of drug-likeness (QED) is 0.448. The molecule has 1 atom stereocenters. The predicted molar refractivity (Wildman–Crippen MR) is 75.4 cm³/mol. The van der Waals surface area contributed by atoms with E-state index in [4.69, 9.17) is 10.00 Å². The van der Waals surface area contributed by atoms with Gasteiger partial charge in [-0.05, 0) is 25.5 Å². The number of nitrogens with zero attached hydrogens (tertiary/aromatic N) is 2. The van der Waals surface area contributed by atoms with Crippen molar-refractivity contribution in [1.29, 1.82) is 5.26 Å². The van der Waals surface area contributed by atoms with Gasteiger partial charge < -0.3 is 10.1 Å². The van der Waals surface area contributed by atoms with E-state index in [2.05, 4.69) is 11.4 Å². The van der Waals surface area contributed by atoms with Gasteiger partial charge in [-0.1, -0.05) is 13.8 Å². The number of rotatable bonds is 8. The third-order valence-electron chi connectivity index (χ3n) is 2.78. The summed E-state index contributed by atoms with van der Waals surface area (Å²) in [6, 6.07) is 6.49.